The highest BCUT2D eigenvalue weighted by Gasteiger charge is 2.13. The fourth-order valence-corrected chi connectivity index (χ4v) is 1.28. The van der Waals surface area contributed by atoms with Crippen LogP contribution in [-0.2, 0) is 0 Å². The molecule has 0 aliphatic rings. The van der Waals surface area contributed by atoms with Crippen molar-refractivity contribution in [2.45, 2.75) is 13.0 Å². The molecule has 0 aliphatic carbocycles. The third-order valence-electron chi connectivity index (χ3n) is 2.14. The van der Waals surface area contributed by atoms with Gasteiger partial charge in [-0.25, -0.2) is 4.39 Å². The van der Waals surface area contributed by atoms with E-state index in [1.54, 1.807) is 0 Å². The standard InChI is InChI=1S/C11H12FN3O3/c1-2-14-8(6-13)7-18-11-4-3-9(15(16)17)5-10(11)12/h3-5,8,14H,2,7H2,1H3. The zero-order valence-corrected chi connectivity index (χ0v) is 9.72. The predicted octanol–water partition coefficient (Wildman–Crippen LogP) is 1.61. The van der Waals surface area contributed by atoms with Crippen molar-refractivity contribution in [2.75, 3.05) is 13.2 Å². The van der Waals surface area contributed by atoms with Gasteiger partial charge in [0.25, 0.3) is 5.69 Å². The van der Waals surface area contributed by atoms with Gasteiger partial charge in [0.1, 0.15) is 12.6 Å². The average Bonchev–Trinajstić information content (AvgIpc) is 2.35. The summed E-state index contributed by atoms with van der Waals surface area (Å²) in [7, 11) is 0. The topological polar surface area (TPSA) is 88.2 Å². The first-order valence-corrected chi connectivity index (χ1v) is 5.28. The van der Waals surface area contributed by atoms with Gasteiger partial charge in [-0.15, -0.1) is 0 Å². The number of benzene rings is 1. The number of hydrogen-bond donors (Lipinski definition) is 1. The molecule has 1 aromatic carbocycles. The zero-order valence-electron chi connectivity index (χ0n) is 9.72. The molecule has 0 heterocycles. The van der Waals surface area contributed by atoms with Crippen molar-refractivity contribution in [3.63, 3.8) is 0 Å². The van der Waals surface area contributed by atoms with Crippen molar-refractivity contribution < 1.29 is 14.1 Å². The number of ether oxygens (including phenoxy) is 1. The van der Waals surface area contributed by atoms with E-state index < -0.39 is 16.8 Å². The molecule has 1 N–H and O–H groups in total. The molecule has 1 atom stereocenters. The van der Waals surface area contributed by atoms with Gasteiger partial charge in [-0.3, -0.25) is 15.4 Å². The van der Waals surface area contributed by atoms with Crippen molar-refractivity contribution >= 4 is 5.69 Å². The lowest BCUT2D eigenvalue weighted by Crippen LogP contribution is -2.33. The van der Waals surface area contributed by atoms with Gasteiger partial charge in [0, 0.05) is 6.07 Å². The first kappa shape index (κ1) is 13.9. The van der Waals surface area contributed by atoms with Gasteiger partial charge in [-0.05, 0) is 12.6 Å². The van der Waals surface area contributed by atoms with Crippen LogP contribution in [0.4, 0.5) is 10.1 Å². The molecule has 6 nitrogen and oxygen atoms in total. The third-order valence-corrected chi connectivity index (χ3v) is 2.14. The summed E-state index contributed by atoms with van der Waals surface area (Å²) in [6.45, 7) is 2.39. The van der Waals surface area contributed by atoms with Gasteiger partial charge in [0.05, 0.1) is 17.1 Å². The minimum absolute atomic E-state index is 0.0287. The Balaban J connectivity index is 2.68. The zero-order chi connectivity index (χ0) is 13.5. The van der Waals surface area contributed by atoms with Crippen LogP contribution < -0.4 is 10.1 Å². The van der Waals surface area contributed by atoms with E-state index >= 15 is 0 Å². The lowest BCUT2D eigenvalue weighted by Gasteiger charge is -2.11. The lowest BCUT2D eigenvalue weighted by atomic mass is 10.3. The SMILES string of the molecule is CCNC(C#N)COc1ccc([N+](=O)[O-])cc1F. The van der Waals surface area contributed by atoms with Crippen LogP contribution in [0, 0.1) is 27.3 Å². The first-order valence-electron chi connectivity index (χ1n) is 5.28. The van der Waals surface area contributed by atoms with Crippen molar-refractivity contribution in [3.05, 3.63) is 34.1 Å². The predicted molar refractivity (Wildman–Crippen MR) is 61.6 cm³/mol. The molecule has 0 aromatic heterocycles. The van der Waals surface area contributed by atoms with Crippen LogP contribution in [0.25, 0.3) is 0 Å². The van der Waals surface area contributed by atoms with Crippen molar-refractivity contribution in [2.24, 2.45) is 0 Å². The van der Waals surface area contributed by atoms with Crippen molar-refractivity contribution in [3.8, 4) is 11.8 Å². The summed E-state index contributed by atoms with van der Waals surface area (Å²) in [6.07, 6.45) is 0. The van der Waals surface area contributed by atoms with Gasteiger partial charge in [0.2, 0.25) is 0 Å². The molecular weight excluding hydrogens is 241 g/mol. The monoisotopic (exact) mass is 253 g/mol. The Morgan fingerprint density at radius 3 is 2.89 bits per heavy atom. The van der Waals surface area contributed by atoms with Gasteiger partial charge in [-0.1, -0.05) is 6.92 Å². The average molecular weight is 253 g/mol. The second-order valence-corrected chi connectivity index (χ2v) is 3.42. The van der Waals surface area contributed by atoms with E-state index in [9.17, 15) is 14.5 Å². The van der Waals surface area contributed by atoms with Gasteiger partial charge in [0.15, 0.2) is 11.6 Å². The van der Waals surface area contributed by atoms with E-state index in [0.29, 0.717) is 6.54 Å². The number of nitro benzene ring substituents is 1. The Hall–Kier alpha value is -2.20. The van der Waals surface area contributed by atoms with E-state index in [2.05, 4.69) is 5.32 Å². The Bertz CT molecular complexity index is 473. The number of hydrogen-bond acceptors (Lipinski definition) is 5. The smallest absolute Gasteiger partial charge is 0.272 e. The Morgan fingerprint density at radius 1 is 1.67 bits per heavy atom. The normalized spacial score (nSPS) is 11.6. The van der Waals surface area contributed by atoms with E-state index in [-0.39, 0.29) is 18.0 Å². The maximum atomic E-state index is 13.4. The molecule has 0 radical (unpaired) electrons. The van der Waals surface area contributed by atoms with E-state index in [0.717, 1.165) is 12.1 Å². The number of rotatable bonds is 6. The molecule has 0 amide bonds. The van der Waals surface area contributed by atoms with Gasteiger partial charge < -0.3 is 4.74 Å². The number of nitro groups is 1. The number of halogens is 1. The van der Waals surface area contributed by atoms with Crippen LogP contribution in [0.2, 0.25) is 0 Å². The maximum Gasteiger partial charge on any atom is 0.272 e. The Labute approximate surface area is 103 Å². The molecular formula is C11H12FN3O3. The fourth-order valence-electron chi connectivity index (χ4n) is 1.28. The van der Waals surface area contributed by atoms with Crippen LogP contribution >= 0.6 is 0 Å². The summed E-state index contributed by atoms with van der Waals surface area (Å²) >= 11 is 0. The highest BCUT2D eigenvalue weighted by molar-refractivity contribution is 5.37. The highest BCUT2D eigenvalue weighted by Crippen LogP contribution is 2.22. The Kier molecular flexibility index (Phi) is 5.02. The summed E-state index contributed by atoms with van der Waals surface area (Å²) in [5.41, 5.74) is -0.344. The molecule has 18 heavy (non-hydrogen) atoms. The van der Waals surface area contributed by atoms with Gasteiger partial charge in [-0.2, -0.15) is 5.26 Å². The summed E-state index contributed by atoms with van der Waals surface area (Å²) in [5, 5.41) is 22.0. The number of non-ortho nitro benzene ring substituents is 1. The molecule has 0 saturated heterocycles. The molecule has 0 spiro atoms. The van der Waals surface area contributed by atoms with Crippen LogP contribution in [-0.4, -0.2) is 24.1 Å². The van der Waals surface area contributed by atoms with E-state index in [1.165, 1.54) is 6.07 Å². The molecule has 1 unspecified atom stereocenters. The molecule has 0 aliphatic heterocycles. The van der Waals surface area contributed by atoms with E-state index in [4.69, 9.17) is 10.00 Å². The number of nitrogens with zero attached hydrogens (tertiary/aromatic N) is 2. The van der Waals surface area contributed by atoms with Crippen molar-refractivity contribution in [1.29, 1.82) is 5.26 Å². The van der Waals surface area contributed by atoms with Crippen LogP contribution in [0.5, 0.6) is 5.75 Å². The van der Waals surface area contributed by atoms with Crippen LogP contribution in [0.15, 0.2) is 18.2 Å². The molecule has 7 heteroatoms. The minimum Gasteiger partial charge on any atom is -0.488 e. The largest absolute Gasteiger partial charge is 0.488 e. The molecule has 1 aromatic rings. The minimum atomic E-state index is -0.822. The molecule has 96 valence electrons. The molecule has 0 fully saturated rings. The summed E-state index contributed by atoms with van der Waals surface area (Å²) in [5.74, 6) is -0.934. The van der Waals surface area contributed by atoms with E-state index in [1.807, 2.05) is 13.0 Å². The van der Waals surface area contributed by atoms with Gasteiger partial charge >= 0.3 is 0 Å². The number of nitriles is 1. The number of nitrogens with one attached hydrogen (secondary N) is 1. The second-order valence-electron chi connectivity index (χ2n) is 3.42. The third kappa shape index (κ3) is 3.68. The molecule has 1 rings (SSSR count). The fraction of sp³-hybridized carbons (Fsp3) is 0.364. The molecule has 0 bridgehead atoms. The second kappa shape index (κ2) is 6.51. The lowest BCUT2D eigenvalue weighted by molar-refractivity contribution is -0.385. The van der Waals surface area contributed by atoms with Crippen molar-refractivity contribution in [1.82, 2.24) is 5.32 Å². The Morgan fingerprint density at radius 2 is 2.39 bits per heavy atom. The highest BCUT2D eigenvalue weighted by atomic mass is 19.1. The summed E-state index contributed by atoms with van der Waals surface area (Å²) in [6, 6.07) is 4.51. The summed E-state index contributed by atoms with van der Waals surface area (Å²) < 4.78 is 18.5. The maximum absolute atomic E-state index is 13.4. The molecule has 0 saturated carbocycles. The quantitative estimate of drug-likeness (QED) is 0.614. The van der Waals surface area contributed by atoms with Crippen LogP contribution in [0.1, 0.15) is 6.92 Å². The number of likely N-dealkylation sites (N-methyl/N-ethyl adjacent to an activating group) is 1. The first-order chi connectivity index (χ1) is 8.58. The summed E-state index contributed by atoms with van der Waals surface area (Å²) in [4.78, 5) is 9.72. The van der Waals surface area contributed by atoms with Crippen LogP contribution in [0.3, 0.4) is 0 Å².